The van der Waals surface area contributed by atoms with Crippen LogP contribution in [0.4, 0.5) is 10.6 Å². The number of nitrogens with zero attached hydrogens (tertiary/aromatic N) is 4. The Labute approximate surface area is 160 Å². The summed E-state index contributed by atoms with van der Waals surface area (Å²) in [6.45, 7) is 12.6. The number of nitrogens with one attached hydrogen (secondary N) is 1. The van der Waals surface area contributed by atoms with Crippen molar-refractivity contribution in [3.8, 4) is 0 Å². The number of aryl methyl sites for hydroxylation is 1. The zero-order valence-corrected chi connectivity index (χ0v) is 16.1. The van der Waals surface area contributed by atoms with Crippen LogP contribution in [0.15, 0.2) is 48.8 Å². The highest BCUT2D eigenvalue weighted by Gasteiger charge is 2.41. The van der Waals surface area contributed by atoms with E-state index < -0.39 is 0 Å². The van der Waals surface area contributed by atoms with Crippen molar-refractivity contribution in [2.24, 2.45) is 11.8 Å². The molecule has 142 valence electrons. The van der Waals surface area contributed by atoms with Gasteiger partial charge in [-0.2, -0.15) is 4.68 Å². The van der Waals surface area contributed by atoms with Crippen molar-refractivity contribution < 1.29 is 4.79 Å². The number of aromatic nitrogens is 2. The molecule has 6 nitrogen and oxygen atoms in total. The van der Waals surface area contributed by atoms with Crippen LogP contribution in [0.25, 0.3) is 0 Å². The van der Waals surface area contributed by atoms with E-state index in [0.29, 0.717) is 17.7 Å². The van der Waals surface area contributed by atoms with Crippen LogP contribution in [0.1, 0.15) is 18.1 Å². The SMILES string of the molecule is C=C(C)Nc1ccn(C(=O)N2CC3CN(Cc4cccc(C)c4)CC3C2)n1. The van der Waals surface area contributed by atoms with Crippen molar-refractivity contribution in [2.75, 3.05) is 31.5 Å². The first-order chi connectivity index (χ1) is 13.0. The Morgan fingerprint density at radius 2 is 1.96 bits per heavy atom. The fraction of sp³-hybridized carbons (Fsp3) is 0.429. The number of likely N-dealkylation sites (tertiary alicyclic amines) is 2. The molecule has 1 aromatic carbocycles. The third-order valence-corrected chi connectivity index (χ3v) is 5.45. The topological polar surface area (TPSA) is 53.4 Å². The molecule has 3 heterocycles. The number of carbonyl (C=O) groups is 1. The number of amides is 1. The summed E-state index contributed by atoms with van der Waals surface area (Å²) in [5.41, 5.74) is 3.48. The molecule has 1 aromatic heterocycles. The summed E-state index contributed by atoms with van der Waals surface area (Å²) in [6.07, 6.45) is 1.71. The Hall–Kier alpha value is -2.60. The quantitative estimate of drug-likeness (QED) is 0.904. The first-order valence-corrected chi connectivity index (χ1v) is 9.53. The summed E-state index contributed by atoms with van der Waals surface area (Å²) in [5, 5.41) is 7.35. The van der Waals surface area contributed by atoms with Crippen molar-refractivity contribution >= 4 is 11.8 Å². The molecule has 27 heavy (non-hydrogen) atoms. The van der Waals surface area contributed by atoms with Crippen LogP contribution in [0, 0.1) is 18.8 Å². The highest BCUT2D eigenvalue weighted by Crippen LogP contribution is 2.32. The smallest absolute Gasteiger partial charge is 0.343 e. The average molecular weight is 365 g/mol. The second kappa shape index (κ2) is 7.19. The molecule has 2 unspecified atom stereocenters. The summed E-state index contributed by atoms with van der Waals surface area (Å²) in [4.78, 5) is 17.2. The Morgan fingerprint density at radius 3 is 2.63 bits per heavy atom. The van der Waals surface area contributed by atoms with Gasteiger partial charge < -0.3 is 10.2 Å². The summed E-state index contributed by atoms with van der Waals surface area (Å²) in [6, 6.07) is 10.5. The van der Waals surface area contributed by atoms with Gasteiger partial charge in [0.1, 0.15) is 0 Å². The first kappa shape index (κ1) is 17.8. The zero-order chi connectivity index (χ0) is 19.0. The van der Waals surface area contributed by atoms with E-state index in [2.05, 4.69) is 53.1 Å². The Bertz CT molecular complexity index is 844. The van der Waals surface area contributed by atoms with Crippen molar-refractivity contribution in [1.82, 2.24) is 19.6 Å². The van der Waals surface area contributed by atoms with Crippen molar-refractivity contribution in [2.45, 2.75) is 20.4 Å². The molecule has 0 bridgehead atoms. The molecule has 6 heteroatoms. The largest absolute Gasteiger partial charge is 0.344 e. The van der Waals surface area contributed by atoms with E-state index in [-0.39, 0.29) is 6.03 Å². The third kappa shape index (κ3) is 3.90. The Kier molecular flexibility index (Phi) is 4.74. The van der Waals surface area contributed by atoms with Crippen LogP contribution in [0.2, 0.25) is 0 Å². The molecule has 2 aromatic rings. The maximum atomic E-state index is 12.7. The molecular weight excluding hydrogens is 338 g/mol. The van der Waals surface area contributed by atoms with Gasteiger partial charge in [0.15, 0.2) is 5.82 Å². The van der Waals surface area contributed by atoms with Crippen LogP contribution < -0.4 is 5.32 Å². The van der Waals surface area contributed by atoms with E-state index in [0.717, 1.165) is 38.4 Å². The van der Waals surface area contributed by atoms with Crippen molar-refractivity contribution in [1.29, 1.82) is 0 Å². The molecule has 0 spiro atoms. The van der Waals surface area contributed by atoms with Gasteiger partial charge in [-0.1, -0.05) is 36.4 Å². The fourth-order valence-corrected chi connectivity index (χ4v) is 4.30. The molecule has 0 saturated carbocycles. The highest BCUT2D eigenvalue weighted by atomic mass is 16.2. The van der Waals surface area contributed by atoms with Gasteiger partial charge >= 0.3 is 6.03 Å². The molecule has 2 saturated heterocycles. The predicted octanol–water partition coefficient (Wildman–Crippen LogP) is 3.17. The average Bonchev–Trinajstić information content (AvgIpc) is 3.28. The fourth-order valence-electron chi connectivity index (χ4n) is 4.30. The monoisotopic (exact) mass is 365 g/mol. The number of anilines is 1. The second-order valence-corrected chi connectivity index (χ2v) is 7.94. The number of hydrogen-bond acceptors (Lipinski definition) is 4. The van der Waals surface area contributed by atoms with E-state index in [1.807, 2.05) is 11.8 Å². The molecule has 2 atom stereocenters. The lowest BCUT2D eigenvalue weighted by atomic mass is 10.0. The van der Waals surface area contributed by atoms with Gasteiger partial charge in [-0.3, -0.25) is 4.90 Å². The highest BCUT2D eigenvalue weighted by molar-refractivity contribution is 5.76. The van der Waals surface area contributed by atoms with E-state index in [1.165, 1.54) is 15.8 Å². The van der Waals surface area contributed by atoms with Gasteiger partial charge in [-0.25, -0.2) is 4.79 Å². The van der Waals surface area contributed by atoms with Crippen LogP contribution in [-0.4, -0.2) is 51.8 Å². The van der Waals surface area contributed by atoms with E-state index in [1.54, 1.807) is 12.3 Å². The molecule has 0 aliphatic carbocycles. The summed E-state index contributed by atoms with van der Waals surface area (Å²) >= 11 is 0. The van der Waals surface area contributed by atoms with Gasteiger partial charge in [0.05, 0.1) is 0 Å². The van der Waals surface area contributed by atoms with Gasteiger partial charge in [0.2, 0.25) is 0 Å². The minimum absolute atomic E-state index is 0.0376. The minimum atomic E-state index is -0.0376. The zero-order valence-electron chi connectivity index (χ0n) is 16.1. The molecule has 2 fully saturated rings. The maximum absolute atomic E-state index is 12.7. The van der Waals surface area contributed by atoms with Crippen LogP contribution >= 0.6 is 0 Å². The molecule has 1 amide bonds. The van der Waals surface area contributed by atoms with Crippen LogP contribution in [0.3, 0.4) is 0 Å². The second-order valence-electron chi connectivity index (χ2n) is 7.94. The summed E-state index contributed by atoms with van der Waals surface area (Å²) < 4.78 is 1.43. The summed E-state index contributed by atoms with van der Waals surface area (Å²) in [5.74, 6) is 1.77. The minimum Gasteiger partial charge on any atom is -0.343 e. The van der Waals surface area contributed by atoms with E-state index >= 15 is 0 Å². The number of hydrogen-bond donors (Lipinski definition) is 1. The molecule has 2 aliphatic rings. The van der Waals surface area contributed by atoms with Crippen LogP contribution in [-0.2, 0) is 6.54 Å². The van der Waals surface area contributed by atoms with Crippen molar-refractivity contribution in [3.63, 3.8) is 0 Å². The van der Waals surface area contributed by atoms with Gasteiger partial charge in [0.25, 0.3) is 0 Å². The predicted molar refractivity (Wildman–Crippen MR) is 106 cm³/mol. The lowest BCUT2D eigenvalue weighted by Gasteiger charge is -2.21. The molecule has 1 N–H and O–H groups in total. The lowest BCUT2D eigenvalue weighted by Crippen LogP contribution is -2.36. The van der Waals surface area contributed by atoms with Gasteiger partial charge in [-0.05, 0) is 31.2 Å². The number of benzene rings is 1. The first-order valence-electron chi connectivity index (χ1n) is 9.53. The standard InChI is InChI=1S/C21H27N5O/c1-15(2)22-20-7-8-26(23-20)21(27)25-13-18-11-24(12-19(18)14-25)10-17-6-4-5-16(3)9-17/h4-9,18-19H,1,10-14H2,2-3H3,(H,22,23). The van der Waals surface area contributed by atoms with Gasteiger partial charge in [-0.15, -0.1) is 5.10 Å². The lowest BCUT2D eigenvalue weighted by molar-refractivity contribution is 0.197. The number of carbonyl (C=O) groups excluding carboxylic acids is 1. The number of rotatable bonds is 4. The van der Waals surface area contributed by atoms with Gasteiger partial charge in [0, 0.05) is 50.7 Å². The Balaban J connectivity index is 1.33. The van der Waals surface area contributed by atoms with E-state index in [9.17, 15) is 4.79 Å². The third-order valence-electron chi connectivity index (χ3n) is 5.45. The molecule has 0 radical (unpaired) electrons. The Morgan fingerprint density at radius 1 is 1.22 bits per heavy atom. The molecule has 4 rings (SSSR count). The number of fused-ring (bicyclic) bond motifs is 1. The number of allylic oxidation sites excluding steroid dienone is 1. The van der Waals surface area contributed by atoms with Crippen molar-refractivity contribution in [3.05, 3.63) is 59.9 Å². The van der Waals surface area contributed by atoms with Crippen LogP contribution in [0.5, 0.6) is 0 Å². The normalized spacial score (nSPS) is 22.1. The molecule has 2 aliphatic heterocycles. The maximum Gasteiger partial charge on any atom is 0.344 e. The van der Waals surface area contributed by atoms with E-state index in [4.69, 9.17) is 0 Å². The molecular formula is C21H27N5O. The summed E-state index contributed by atoms with van der Waals surface area (Å²) in [7, 11) is 0.